The number of imide groups is 2. The van der Waals surface area contributed by atoms with Gasteiger partial charge >= 0.3 is 6.03 Å². The summed E-state index contributed by atoms with van der Waals surface area (Å²) >= 11 is 0. The summed E-state index contributed by atoms with van der Waals surface area (Å²) < 4.78 is 0. The van der Waals surface area contributed by atoms with E-state index >= 15 is 0 Å². The van der Waals surface area contributed by atoms with Crippen LogP contribution in [-0.2, 0) is 16.0 Å². The highest BCUT2D eigenvalue weighted by molar-refractivity contribution is 6.22. The molecule has 1 aliphatic heterocycles. The third kappa shape index (κ3) is 2.12. The number of hydroxylamine groups is 1. The summed E-state index contributed by atoms with van der Waals surface area (Å²) in [6.07, 6.45) is 2.45. The van der Waals surface area contributed by atoms with Crippen molar-refractivity contribution in [2.75, 3.05) is 0 Å². The molecule has 7 heteroatoms. The molecule has 1 heterocycles. The van der Waals surface area contributed by atoms with Crippen molar-refractivity contribution in [3.05, 3.63) is 41.0 Å². The van der Waals surface area contributed by atoms with Crippen LogP contribution in [0.3, 0.4) is 0 Å². The molecular formula is C14H13N3O4. The maximum atomic E-state index is 12.0. The Morgan fingerprint density at radius 1 is 1.14 bits per heavy atom. The summed E-state index contributed by atoms with van der Waals surface area (Å²) in [5.41, 5.74) is 2.82. The summed E-state index contributed by atoms with van der Waals surface area (Å²) in [7, 11) is 0. The van der Waals surface area contributed by atoms with E-state index in [0.717, 1.165) is 16.7 Å². The lowest BCUT2D eigenvalue weighted by molar-refractivity contribution is -0.145. The molecule has 4 N–H and O–H groups in total. The summed E-state index contributed by atoms with van der Waals surface area (Å²) in [5, 5.41) is 13.3. The van der Waals surface area contributed by atoms with E-state index in [2.05, 4.69) is 0 Å². The molecule has 4 amide bonds. The number of benzene rings is 1. The van der Waals surface area contributed by atoms with Crippen LogP contribution in [0.1, 0.15) is 17.5 Å². The summed E-state index contributed by atoms with van der Waals surface area (Å²) in [5.74, 6) is -1.73. The first-order chi connectivity index (χ1) is 10.0. The molecule has 7 nitrogen and oxygen atoms in total. The van der Waals surface area contributed by atoms with Gasteiger partial charge in [-0.25, -0.2) is 4.79 Å². The number of carbonyl (C=O) groups is 3. The van der Waals surface area contributed by atoms with Crippen molar-refractivity contribution in [2.45, 2.75) is 18.4 Å². The van der Waals surface area contributed by atoms with Crippen LogP contribution in [0, 0.1) is 0 Å². The standard InChI is InChI=1S/C14H13N3O4/c18-11-14(17-21,12(19)16-13(20)15-11)7-8-5-9-3-1-2-4-10(9)6-8/h1-5,17,21H,6-7H2,(H2,15,16,18,19,20). The van der Waals surface area contributed by atoms with Gasteiger partial charge in [-0.2, -0.15) is 5.48 Å². The number of nitrogens with one attached hydrogen (secondary N) is 3. The Morgan fingerprint density at radius 3 is 2.43 bits per heavy atom. The Labute approximate surface area is 120 Å². The molecule has 0 aromatic heterocycles. The predicted octanol–water partition coefficient (Wildman–Crippen LogP) is 0.0998. The third-order valence-electron chi connectivity index (χ3n) is 3.74. The van der Waals surface area contributed by atoms with Gasteiger partial charge in [-0.1, -0.05) is 35.9 Å². The van der Waals surface area contributed by atoms with E-state index < -0.39 is 23.4 Å². The van der Waals surface area contributed by atoms with E-state index in [1.807, 2.05) is 41.0 Å². The number of rotatable bonds is 3. The van der Waals surface area contributed by atoms with Crippen molar-refractivity contribution >= 4 is 23.9 Å². The topological polar surface area (TPSA) is 108 Å². The summed E-state index contributed by atoms with van der Waals surface area (Å²) in [6, 6.07) is 6.82. The number of fused-ring (bicyclic) bond motifs is 1. The minimum atomic E-state index is -1.89. The maximum Gasteiger partial charge on any atom is 0.328 e. The third-order valence-corrected chi connectivity index (χ3v) is 3.74. The van der Waals surface area contributed by atoms with Crippen LogP contribution in [0.25, 0.3) is 6.08 Å². The van der Waals surface area contributed by atoms with Gasteiger partial charge in [0.1, 0.15) is 0 Å². The van der Waals surface area contributed by atoms with E-state index in [0.29, 0.717) is 6.42 Å². The number of barbiturate groups is 1. The number of hydrogen-bond acceptors (Lipinski definition) is 5. The molecule has 3 rings (SSSR count). The molecule has 1 aromatic rings. The second kappa shape index (κ2) is 4.80. The van der Waals surface area contributed by atoms with Crippen LogP contribution in [0.5, 0.6) is 0 Å². The quantitative estimate of drug-likeness (QED) is 0.466. The molecule has 1 fully saturated rings. The molecule has 1 saturated heterocycles. The van der Waals surface area contributed by atoms with Gasteiger partial charge in [0.25, 0.3) is 11.8 Å². The lowest BCUT2D eigenvalue weighted by Gasteiger charge is -2.32. The second-order valence-corrected chi connectivity index (χ2v) is 5.11. The molecule has 1 aliphatic carbocycles. The molecule has 0 radical (unpaired) electrons. The van der Waals surface area contributed by atoms with Gasteiger partial charge in [0.05, 0.1) is 0 Å². The Morgan fingerprint density at radius 2 is 1.81 bits per heavy atom. The van der Waals surface area contributed by atoms with E-state index in [1.165, 1.54) is 0 Å². The van der Waals surface area contributed by atoms with Crippen molar-refractivity contribution in [2.24, 2.45) is 0 Å². The molecule has 0 bridgehead atoms. The van der Waals surface area contributed by atoms with Gasteiger partial charge in [0.15, 0.2) is 0 Å². The fourth-order valence-corrected chi connectivity index (χ4v) is 2.66. The molecular weight excluding hydrogens is 274 g/mol. The van der Waals surface area contributed by atoms with E-state index in [-0.39, 0.29) is 6.42 Å². The number of hydrogen-bond donors (Lipinski definition) is 4. The zero-order chi connectivity index (χ0) is 15.0. The van der Waals surface area contributed by atoms with Crippen molar-refractivity contribution in [3.63, 3.8) is 0 Å². The minimum Gasteiger partial charge on any atom is -0.315 e. The molecule has 0 saturated carbocycles. The van der Waals surface area contributed by atoms with Crippen LogP contribution in [0.15, 0.2) is 29.8 Å². The molecule has 108 valence electrons. The SMILES string of the molecule is O=C1NC(=O)C(CC2=Cc3ccccc3C2)(NO)C(=O)N1. The van der Waals surface area contributed by atoms with Gasteiger partial charge in [-0.05, 0) is 17.5 Å². The lowest BCUT2D eigenvalue weighted by Crippen LogP contribution is -2.72. The van der Waals surface area contributed by atoms with Gasteiger partial charge in [0, 0.05) is 6.42 Å². The van der Waals surface area contributed by atoms with Crippen LogP contribution < -0.4 is 16.1 Å². The first-order valence-electron chi connectivity index (χ1n) is 6.40. The van der Waals surface area contributed by atoms with Crippen molar-refractivity contribution in [3.8, 4) is 0 Å². The largest absolute Gasteiger partial charge is 0.328 e. The normalized spacial score (nSPS) is 19.7. The zero-order valence-corrected chi connectivity index (χ0v) is 11.0. The first kappa shape index (κ1) is 13.5. The smallest absolute Gasteiger partial charge is 0.315 e. The summed E-state index contributed by atoms with van der Waals surface area (Å²) in [4.78, 5) is 35.1. The molecule has 0 spiro atoms. The maximum absolute atomic E-state index is 12.0. The molecule has 0 atom stereocenters. The zero-order valence-electron chi connectivity index (χ0n) is 11.0. The Balaban J connectivity index is 1.88. The number of amides is 4. The van der Waals surface area contributed by atoms with Gasteiger partial charge in [-0.15, -0.1) is 0 Å². The van der Waals surface area contributed by atoms with Gasteiger partial charge in [-0.3, -0.25) is 20.2 Å². The number of carbonyl (C=O) groups excluding carboxylic acids is 3. The molecule has 21 heavy (non-hydrogen) atoms. The lowest BCUT2D eigenvalue weighted by atomic mass is 9.87. The van der Waals surface area contributed by atoms with E-state index in [1.54, 1.807) is 5.48 Å². The predicted molar refractivity (Wildman–Crippen MR) is 72.1 cm³/mol. The monoisotopic (exact) mass is 287 g/mol. The second-order valence-electron chi connectivity index (χ2n) is 5.11. The fourth-order valence-electron chi connectivity index (χ4n) is 2.66. The van der Waals surface area contributed by atoms with E-state index in [9.17, 15) is 19.6 Å². The highest BCUT2D eigenvalue weighted by atomic mass is 16.5. The molecule has 2 aliphatic rings. The number of urea groups is 1. The average Bonchev–Trinajstić information content (AvgIpc) is 2.85. The summed E-state index contributed by atoms with van der Waals surface area (Å²) in [6.45, 7) is 0. The van der Waals surface area contributed by atoms with Gasteiger partial charge in [0.2, 0.25) is 5.54 Å². The average molecular weight is 287 g/mol. The molecule has 0 unspecified atom stereocenters. The highest BCUT2D eigenvalue weighted by Crippen LogP contribution is 2.30. The van der Waals surface area contributed by atoms with Crippen LogP contribution in [-0.4, -0.2) is 28.6 Å². The van der Waals surface area contributed by atoms with Crippen molar-refractivity contribution in [1.29, 1.82) is 0 Å². The Hall–Kier alpha value is -2.51. The highest BCUT2D eigenvalue weighted by Gasteiger charge is 2.51. The molecule has 1 aromatic carbocycles. The Bertz CT molecular complexity index is 661. The van der Waals surface area contributed by atoms with Crippen molar-refractivity contribution in [1.82, 2.24) is 16.1 Å². The van der Waals surface area contributed by atoms with Crippen LogP contribution in [0.2, 0.25) is 0 Å². The Kier molecular flexibility index (Phi) is 3.08. The van der Waals surface area contributed by atoms with Gasteiger partial charge < -0.3 is 5.21 Å². The minimum absolute atomic E-state index is 0.0247. The van der Waals surface area contributed by atoms with Crippen molar-refractivity contribution < 1.29 is 19.6 Å². The van der Waals surface area contributed by atoms with Crippen LogP contribution >= 0.6 is 0 Å². The van der Waals surface area contributed by atoms with E-state index in [4.69, 9.17) is 0 Å². The van der Waals surface area contributed by atoms with Crippen LogP contribution in [0.4, 0.5) is 4.79 Å². The fraction of sp³-hybridized carbons (Fsp3) is 0.214. The first-order valence-corrected chi connectivity index (χ1v) is 6.40.